The summed E-state index contributed by atoms with van der Waals surface area (Å²) in [6.07, 6.45) is 9.26. The topological polar surface area (TPSA) is 106 Å². The maximum absolute atomic E-state index is 14.6. The molecular formula is C27H36ClFN5NiO2-. The minimum Gasteiger partial charge on any atom is -0.457 e. The van der Waals surface area contributed by atoms with Gasteiger partial charge >= 0.3 is 0 Å². The zero-order valence-electron chi connectivity index (χ0n) is 21.3. The number of hydrogen-bond acceptors (Lipinski definition) is 5. The van der Waals surface area contributed by atoms with Gasteiger partial charge in [-0.25, -0.2) is 0 Å². The van der Waals surface area contributed by atoms with Gasteiger partial charge in [0.1, 0.15) is 5.84 Å². The fraction of sp³-hybridized carbons (Fsp3) is 0.481. The van der Waals surface area contributed by atoms with Gasteiger partial charge in [0.25, 0.3) is 0 Å². The zero-order valence-corrected chi connectivity index (χ0v) is 23.0. The molecule has 1 aliphatic carbocycles. The van der Waals surface area contributed by atoms with Crippen molar-refractivity contribution in [2.45, 2.75) is 51.6 Å². The van der Waals surface area contributed by atoms with Gasteiger partial charge in [-0.3, -0.25) is 14.6 Å². The van der Waals surface area contributed by atoms with Crippen LogP contribution in [0, 0.1) is 17.5 Å². The number of aliphatic hydroxyl groups is 1. The quantitative estimate of drug-likeness (QED) is 0.0668. The molecular weight excluding hydrogens is 539 g/mol. The number of anilines is 1. The number of amides is 1. The third kappa shape index (κ3) is 7.15. The van der Waals surface area contributed by atoms with Gasteiger partial charge in [-0.1, -0.05) is 50.4 Å². The molecule has 0 aromatic heterocycles. The number of benzene rings is 1. The molecule has 10 heteroatoms. The van der Waals surface area contributed by atoms with E-state index in [2.05, 4.69) is 18.1 Å². The maximum Gasteiger partial charge on any atom is 0.246 e. The van der Waals surface area contributed by atoms with Gasteiger partial charge in [-0.15, -0.1) is 23.4 Å². The molecule has 1 saturated carbocycles. The Bertz CT molecular complexity index is 1060. The van der Waals surface area contributed by atoms with Gasteiger partial charge < -0.3 is 26.0 Å². The van der Waals surface area contributed by atoms with E-state index in [1.54, 1.807) is 24.0 Å². The molecule has 0 spiro atoms. The van der Waals surface area contributed by atoms with Gasteiger partial charge in [0.15, 0.2) is 0 Å². The summed E-state index contributed by atoms with van der Waals surface area (Å²) in [6.45, 7) is 8.40. The number of hydrogen-bond donors (Lipinski definition) is 4. The van der Waals surface area contributed by atoms with E-state index >= 15 is 0 Å². The summed E-state index contributed by atoms with van der Waals surface area (Å²) in [5.74, 6) is 0.0947. The number of aliphatic hydroxyl groups excluding tert-OH is 1. The Balaban J connectivity index is 0.00000481. The smallest absolute Gasteiger partial charge is 0.246 e. The third-order valence-electron chi connectivity index (χ3n) is 7.09. The Kier molecular flexibility index (Phi) is 11.7. The summed E-state index contributed by atoms with van der Waals surface area (Å²) < 4.78 is 14.6. The first-order valence-electron chi connectivity index (χ1n) is 12.4. The van der Waals surface area contributed by atoms with Crippen molar-refractivity contribution in [2.75, 3.05) is 31.6 Å². The molecule has 37 heavy (non-hydrogen) atoms. The second-order valence-corrected chi connectivity index (χ2v) is 9.88. The van der Waals surface area contributed by atoms with E-state index < -0.39 is 5.83 Å². The Hall–Kier alpha value is -2.35. The average molecular weight is 576 g/mol. The summed E-state index contributed by atoms with van der Waals surface area (Å²) >= 11 is 6.60. The summed E-state index contributed by atoms with van der Waals surface area (Å²) in [6, 6.07) is 2.97. The fourth-order valence-corrected chi connectivity index (χ4v) is 5.06. The molecule has 7 nitrogen and oxygen atoms in total. The normalized spacial score (nSPS) is 19.5. The van der Waals surface area contributed by atoms with E-state index in [4.69, 9.17) is 22.7 Å². The molecule has 206 valence electrons. The van der Waals surface area contributed by atoms with E-state index in [1.165, 1.54) is 18.6 Å². The van der Waals surface area contributed by atoms with Crippen LogP contribution in [0.5, 0.6) is 0 Å². The number of allylic oxidation sites excluding steroid dienone is 3. The number of carbonyl (C=O) groups is 1. The van der Waals surface area contributed by atoms with Crippen LogP contribution in [0.25, 0.3) is 5.57 Å². The maximum atomic E-state index is 14.6. The van der Waals surface area contributed by atoms with Crippen molar-refractivity contribution >= 4 is 34.6 Å². The van der Waals surface area contributed by atoms with E-state index in [1.807, 2.05) is 11.8 Å². The van der Waals surface area contributed by atoms with Crippen LogP contribution in [0.15, 0.2) is 36.7 Å². The van der Waals surface area contributed by atoms with E-state index in [-0.39, 0.29) is 57.5 Å². The van der Waals surface area contributed by atoms with Crippen LogP contribution in [0.4, 0.5) is 10.1 Å². The summed E-state index contributed by atoms with van der Waals surface area (Å²) in [5.41, 5.74) is 7.10. The first-order chi connectivity index (χ1) is 17.2. The van der Waals surface area contributed by atoms with Crippen molar-refractivity contribution in [3.63, 3.8) is 0 Å². The second kappa shape index (κ2) is 14.0. The molecule has 5 N–H and O–H groups in total. The van der Waals surface area contributed by atoms with Crippen LogP contribution in [-0.2, 0) is 21.3 Å². The predicted octanol–water partition coefficient (Wildman–Crippen LogP) is 4.32. The Labute approximate surface area is 234 Å². The number of nitrogens with zero attached hydrogens (tertiary/aromatic N) is 2. The minimum atomic E-state index is -0.557. The number of rotatable bonds is 9. The van der Waals surface area contributed by atoms with Crippen molar-refractivity contribution in [3.8, 4) is 0 Å². The molecule has 2 fully saturated rings. The van der Waals surface area contributed by atoms with Crippen molar-refractivity contribution in [3.05, 3.63) is 59.0 Å². The molecule has 1 aromatic rings. The van der Waals surface area contributed by atoms with Crippen LogP contribution < -0.4 is 11.1 Å². The Morgan fingerprint density at radius 2 is 2.11 bits per heavy atom. The number of amidine groups is 1. The predicted molar refractivity (Wildman–Crippen MR) is 143 cm³/mol. The molecule has 1 aliphatic heterocycles. The van der Waals surface area contributed by atoms with Crippen LogP contribution >= 0.6 is 11.6 Å². The molecule has 1 aromatic carbocycles. The number of halogens is 2. The molecule has 0 bridgehead atoms. The molecule has 1 saturated heterocycles. The number of nitrogens with one attached hydrogen (secondary N) is 2. The molecule has 3 rings (SSSR count). The molecule has 1 heterocycles. The third-order valence-corrected chi connectivity index (χ3v) is 7.40. The standard InChI is InChI=1S/C27H36ClFN5O2.Ni/c1-4-24(29)22(14-30)20-13-25(32-19(16-35)11-18-7-6-8-18)21(12-23(20)28)27(31)34-10-9-33(15-17(34)3)26(36)5-2;/h4-5,12-13,17-19,31-32,35H,2,6-11,15-16,30H2,1,3H3;/q-1;/b24-4+,31-27?;/t17-,19?;/m0./s1. The van der Waals surface area contributed by atoms with Gasteiger partial charge in [0, 0.05) is 65.3 Å². The summed E-state index contributed by atoms with van der Waals surface area (Å²) in [7, 11) is 0. The van der Waals surface area contributed by atoms with Crippen molar-refractivity contribution in [1.29, 1.82) is 5.41 Å². The van der Waals surface area contributed by atoms with E-state index in [0.717, 1.165) is 19.3 Å². The number of carbonyl (C=O) groups excluding carboxylic acids is 1. The first kappa shape index (κ1) is 30.9. The van der Waals surface area contributed by atoms with Gasteiger partial charge in [0.05, 0.1) is 6.61 Å². The van der Waals surface area contributed by atoms with Crippen LogP contribution in [0.3, 0.4) is 0 Å². The van der Waals surface area contributed by atoms with Gasteiger partial charge in [-0.2, -0.15) is 0 Å². The monoisotopic (exact) mass is 574 g/mol. The van der Waals surface area contributed by atoms with E-state index in [9.17, 15) is 14.3 Å². The van der Waals surface area contributed by atoms with Crippen LogP contribution in [-0.4, -0.2) is 65.0 Å². The number of nitrogens with two attached hydrogens (primary N) is 1. The second-order valence-electron chi connectivity index (χ2n) is 9.47. The van der Waals surface area contributed by atoms with Crippen molar-refractivity contribution in [1.82, 2.24) is 9.80 Å². The van der Waals surface area contributed by atoms with Crippen molar-refractivity contribution < 1.29 is 30.8 Å². The van der Waals surface area contributed by atoms with Crippen LogP contribution in [0.1, 0.15) is 50.7 Å². The van der Waals surface area contributed by atoms with Gasteiger partial charge in [0.2, 0.25) is 5.91 Å². The average Bonchev–Trinajstić information content (AvgIpc) is 2.85. The SMILES string of the molecule is C=CC(=O)N1CCN(C(=N)c2cc(Cl)c(C(=[C-]N)/C(F)=C\C)cc2NC(CO)CC2CCC2)[C@@H](C)C1.[Ni]. The van der Waals surface area contributed by atoms with Gasteiger partial charge in [-0.05, 0) is 36.4 Å². The molecule has 0 radical (unpaired) electrons. The van der Waals surface area contributed by atoms with Crippen molar-refractivity contribution in [2.24, 2.45) is 11.7 Å². The number of piperazine rings is 1. The zero-order chi connectivity index (χ0) is 26.4. The Morgan fingerprint density at radius 1 is 1.41 bits per heavy atom. The molecule has 1 unspecified atom stereocenters. The molecule has 1 amide bonds. The fourth-order valence-electron chi connectivity index (χ4n) is 4.80. The molecule has 2 atom stereocenters. The largest absolute Gasteiger partial charge is 0.457 e. The first-order valence-corrected chi connectivity index (χ1v) is 12.8. The summed E-state index contributed by atoms with van der Waals surface area (Å²) in [5, 5.41) is 22.8. The minimum absolute atomic E-state index is 0. The summed E-state index contributed by atoms with van der Waals surface area (Å²) in [4.78, 5) is 15.7. The molecule has 2 aliphatic rings. The van der Waals surface area contributed by atoms with E-state index in [0.29, 0.717) is 42.4 Å². The Morgan fingerprint density at radius 3 is 2.62 bits per heavy atom. The van der Waals surface area contributed by atoms with Crippen LogP contribution in [0.2, 0.25) is 5.02 Å².